The van der Waals surface area contributed by atoms with Crippen LogP contribution in [0.15, 0.2) is 0 Å². The van der Waals surface area contributed by atoms with Crippen molar-refractivity contribution in [3.63, 3.8) is 0 Å². The Bertz CT molecular complexity index is 257. The van der Waals surface area contributed by atoms with Crippen LogP contribution in [-0.2, 0) is 14.3 Å². The molecule has 1 fully saturated rings. The highest BCUT2D eigenvalue weighted by Gasteiger charge is 2.61. The van der Waals surface area contributed by atoms with Crippen molar-refractivity contribution >= 4 is 5.97 Å². The minimum absolute atomic E-state index is 0.0307. The van der Waals surface area contributed by atoms with E-state index in [9.17, 15) is 4.79 Å². The SMILES string of the molecule is COC(=O)C(C)(C)C1(C(C)(C)C)COC1. The number of ether oxygens (including phenoxy) is 2. The summed E-state index contributed by atoms with van der Waals surface area (Å²) in [5.74, 6) is -0.152. The van der Waals surface area contributed by atoms with E-state index < -0.39 is 5.41 Å². The number of hydrogen-bond donors (Lipinski definition) is 0. The van der Waals surface area contributed by atoms with Crippen LogP contribution in [0.1, 0.15) is 34.6 Å². The summed E-state index contributed by atoms with van der Waals surface area (Å²) in [6.07, 6.45) is 0. The third-order valence-corrected chi connectivity index (χ3v) is 4.02. The average Bonchev–Trinajstić information content (AvgIpc) is 1.96. The largest absolute Gasteiger partial charge is 0.469 e. The lowest BCUT2D eigenvalue weighted by Crippen LogP contribution is -2.63. The molecule has 0 amide bonds. The van der Waals surface area contributed by atoms with Crippen LogP contribution in [0, 0.1) is 16.2 Å². The molecule has 1 rings (SSSR count). The topological polar surface area (TPSA) is 35.5 Å². The third-order valence-electron chi connectivity index (χ3n) is 4.02. The van der Waals surface area contributed by atoms with E-state index in [0.717, 1.165) is 0 Å². The van der Waals surface area contributed by atoms with Gasteiger partial charge in [0, 0.05) is 5.41 Å². The first-order valence-electron chi connectivity index (χ1n) is 5.35. The van der Waals surface area contributed by atoms with Crippen LogP contribution in [0.4, 0.5) is 0 Å². The molecule has 0 N–H and O–H groups in total. The molecule has 0 unspecified atom stereocenters. The number of hydrogen-bond acceptors (Lipinski definition) is 3. The second-order valence-electron chi connectivity index (χ2n) is 5.94. The van der Waals surface area contributed by atoms with Gasteiger partial charge in [0.25, 0.3) is 0 Å². The number of carbonyl (C=O) groups excluding carboxylic acids is 1. The van der Waals surface area contributed by atoms with Crippen molar-refractivity contribution in [1.82, 2.24) is 0 Å². The Hall–Kier alpha value is -0.570. The van der Waals surface area contributed by atoms with E-state index in [1.165, 1.54) is 7.11 Å². The van der Waals surface area contributed by atoms with E-state index in [4.69, 9.17) is 9.47 Å². The van der Waals surface area contributed by atoms with Crippen LogP contribution >= 0.6 is 0 Å². The van der Waals surface area contributed by atoms with Gasteiger partial charge >= 0.3 is 5.97 Å². The predicted molar refractivity (Wildman–Crippen MR) is 58.5 cm³/mol. The molecule has 1 saturated heterocycles. The van der Waals surface area contributed by atoms with Crippen molar-refractivity contribution in [1.29, 1.82) is 0 Å². The van der Waals surface area contributed by atoms with Crippen LogP contribution in [0.2, 0.25) is 0 Å². The highest BCUT2D eigenvalue weighted by atomic mass is 16.5. The molecule has 88 valence electrons. The molecule has 0 atom stereocenters. The summed E-state index contributed by atoms with van der Waals surface area (Å²) in [6.45, 7) is 11.6. The molecule has 0 aromatic carbocycles. The Morgan fingerprint density at radius 2 is 1.67 bits per heavy atom. The first-order valence-corrected chi connectivity index (χ1v) is 5.35. The van der Waals surface area contributed by atoms with Gasteiger partial charge in [0.1, 0.15) is 0 Å². The highest BCUT2D eigenvalue weighted by molar-refractivity contribution is 5.77. The minimum atomic E-state index is -0.502. The van der Waals surface area contributed by atoms with Gasteiger partial charge in [-0.25, -0.2) is 0 Å². The Morgan fingerprint density at radius 3 is 1.87 bits per heavy atom. The van der Waals surface area contributed by atoms with Gasteiger partial charge in [-0.15, -0.1) is 0 Å². The van der Waals surface area contributed by atoms with Gasteiger partial charge in [0.15, 0.2) is 0 Å². The number of rotatable bonds is 2. The van der Waals surface area contributed by atoms with Crippen LogP contribution in [0.5, 0.6) is 0 Å². The molecule has 3 nitrogen and oxygen atoms in total. The summed E-state index contributed by atoms with van der Waals surface area (Å²) in [6, 6.07) is 0. The van der Waals surface area contributed by atoms with Crippen LogP contribution < -0.4 is 0 Å². The van der Waals surface area contributed by atoms with E-state index in [0.29, 0.717) is 13.2 Å². The maximum atomic E-state index is 11.8. The monoisotopic (exact) mass is 214 g/mol. The maximum absolute atomic E-state index is 11.8. The molecule has 15 heavy (non-hydrogen) atoms. The van der Waals surface area contributed by atoms with Gasteiger partial charge in [0.2, 0.25) is 0 Å². The quantitative estimate of drug-likeness (QED) is 0.661. The van der Waals surface area contributed by atoms with Gasteiger partial charge in [-0.3, -0.25) is 4.79 Å². The molecule has 0 saturated carbocycles. The van der Waals surface area contributed by atoms with Crippen molar-refractivity contribution in [2.24, 2.45) is 16.2 Å². The van der Waals surface area contributed by atoms with E-state index in [2.05, 4.69) is 20.8 Å². The van der Waals surface area contributed by atoms with Gasteiger partial charge in [-0.1, -0.05) is 20.8 Å². The second-order valence-corrected chi connectivity index (χ2v) is 5.94. The summed E-state index contributed by atoms with van der Waals surface area (Å²) in [5, 5.41) is 0. The predicted octanol–water partition coefficient (Wildman–Crippen LogP) is 2.25. The Balaban J connectivity index is 3.07. The normalized spacial score (nSPS) is 20.7. The summed E-state index contributed by atoms with van der Waals surface area (Å²) >= 11 is 0. The summed E-state index contributed by atoms with van der Waals surface area (Å²) < 4.78 is 10.2. The smallest absolute Gasteiger partial charge is 0.311 e. The Kier molecular flexibility index (Phi) is 2.90. The summed E-state index contributed by atoms with van der Waals surface area (Å²) in [4.78, 5) is 11.8. The zero-order chi connectivity index (χ0) is 11.9. The van der Waals surface area contributed by atoms with Gasteiger partial charge in [0.05, 0.1) is 25.7 Å². The lowest BCUT2D eigenvalue weighted by molar-refractivity contribution is -0.236. The maximum Gasteiger partial charge on any atom is 0.311 e. The molecule has 1 aliphatic rings. The van der Waals surface area contributed by atoms with Gasteiger partial charge in [-0.2, -0.15) is 0 Å². The molecule has 1 aliphatic heterocycles. The fourth-order valence-electron chi connectivity index (χ4n) is 2.49. The molecule has 0 aromatic rings. The highest BCUT2D eigenvalue weighted by Crippen LogP contribution is 2.56. The lowest BCUT2D eigenvalue weighted by atomic mass is 9.52. The fraction of sp³-hybridized carbons (Fsp3) is 0.917. The van der Waals surface area contributed by atoms with Crippen molar-refractivity contribution in [2.75, 3.05) is 20.3 Å². The van der Waals surface area contributed by atoms with Crippen molar-refractivity contribution in [3.05, 3.63) is 0 Å². The summed E-state index contributed by atoms with van der Waals surface area (Å²) in [7, 11) is 1.44. The Morgan fingerprint density at radius 1 is 1.20 bits per heavy atom. The van der Waals surface area contributed by atoms with E-state index in [1.807, 2.05) is 13.8 Å². The van der Waals surface area contributed by atoms with Gasteiger partial charge < -0.3 is 9.47 Å². The molecular formula is C12H22O3. The number of carbonyl (C=O) groups is 1. The molecule has 0 aromatic heterocycles. The van der Waals surface area contributed by atoms with Crippen LogP contribution in [0.25, 0.3) is 0 Å². The molecule has 1 heterocycles. The Labute approximate surface area is 92.1 Å². The zero-order valence-corrected chi connectivity index (χ0v) is 10.6. The van der Waals surface area contributed by atoms with Crippen molar-refractivity contribution < 1.29 is 14.3 Å². The van der Waals surface area contributed by atoms with Crippen molar-refractivity contribution in [3.8, 4) is 0 Å². The summed E-state index contributed by atoms with van der Waals surface area (Å²) in [5.41, 5.74) is -0.589. The molecule has 0 bridgehead atoms. The number of methoxy groups -OCH3 is 1. The zero-order valence-electron chi connectivity index (χ0n) is 10.6. The molecule has 0 aliphatic carbocycles. The van der Waals surface area contributed by atoms with E-state index >= 15 is 0 Å². The van der Waals surface area contributed by atoms with Crippen LogP contribution in [-0.4, -0.2) is 26.3 Å². The molecular weight excluding hydrogens is 192 g/mol. The third kappa shape index (κ3) is 1.57. The standard InChI is InChI=1S/C12H22O3/c1-10(2,3)12(7-15-8-12)11(4,5)9(13)14-6/h7-8H2,1-6H3. The minimum Gasteiger partial charge on any atom is -0.469 e. The average molecular weight is 214 g/mol. The van der Waals surface area contributed by atoms with E-state index in [-0.39, 0.29) is 16.8 Å². The fourth-order valence-corrected chi connectivity index (χ4v) is 2.49. The first kappa shape index (κ1) is 12.5. The lowest BCUT2D eigenvalue weighted by Gasteiger charge is -2.58. The van der Waals surface area contributed by atoms with Gasteiger partial charge in [-0.05, 0) is 19.3 Å². The molecule has 0 radical (unpaired) electrons. The second kappa shape index (κ2) is 3.48. The number of esters is 1. The molecule has 3 heteroatoms. The first-order chi connectivity index (χ1) is 6.69. The van der Waals surface area contributed by atoms with Crippen LogP contribution in [0.3, 0.4) is 0 Å². The van der Waals surface area contributed by atoms with Crippen molar-refractivity contribution in [2.45, 2.75) is 34.6 Å². The molecule has 0 spiro atoms. The van der Waals surface area contributed by atoms with E-state index in [1.54, 1.807) is 0 Å².